The summed E-state index contributed by atoms with van der Waals surface area (Å²) in [6.07, 6.45) is 0.846. The number of halogens is 2. The number of alkyl halides is 2. The maximum atomic E-state index is 13.0. The predicted octanol–water partition coefficient (Wildman–Crippen LogP) is 1.59. The Morgan fingerprint density at radius 3 is 2.92 bits per heavy atom. The van der Waals surface area contributed by atoms with Crippen LogP contribution in [0, 0.1) is 0 Å². The molecule has 1 heterocycles. The van der Waals surface area contributed by atoms with E-state index in [9.17, 15) is 8.78 Å². The van der Waals surface area contributed by atoms with Crippen LogP contribution in [-0.2, 0) is 0 Å². The zero-order chi connectivity index (χ0) is 9.19. The molecule has 68 valence electrons. The Balaban J connectivity index is 2.63. The van der Waals surface area contributed by atoms with Crippen LogP contribution in [0.2, 0.25) is 0 Å². The highest BCUT2D eigenvalue weighted by Crippen LogP contribution is 2.21. The molecule has 2 nitrogen and oxygen atoms in total. The van der Waals surface area contributed by atoms with Gasteiger partial charge in [-0.05, 0) is 6.92 Å². The topological polar surface area (TPSA) is 24.4 Å². The van der Waals surface area contributed by atoms with E-state index in [0.717, 1.165) is 0 Å². The van der Waals surface area contributed by atoms with Crippen LogP contribution in [0.3, 0.4) is 0 Å². The molecule has 12 heavy (non-hydrogen) atoms. The number of hydrogen-bond acceptors (Lipinski definition) is 2. The molecule has 0 saturated carbocycles. The number of allylic oxidation sites excluding steroid dienone is 1. The van der Waals surface area contributed by atoms with Gasteiger partial charge in [0, 0.05) is 12.5 Å². The lowest BCUT2D eigenvalue weighted by Gasteiger charge is -2.15. The van der Waals surface area contributed by atoms with Gasteiger partial charge in [-0.2, -0.15) is 8.78 Å². The third-order valence-electron chi connectivity index (χ3n) is 1.65. The number of amidine groups is 1. The lowest BCUT2D eigenvalue weighted by Crippen LogP contribution is -2.40. The van der Waals surface area contributed by atoms with E-state index < -0.39 is 5.92 Å². The van der Waals surface area contributed by atoms with Crippen LogP contribution in [0.15, 0.2) is 17.6 Å². The fourth-order valence-corrected chi connectivity index (χ4v) is 1.05. The molecule has 0 bridgehead atoms. The molecule has 1 atom stereocenters. The summed E-state index contributed by atoms with van der Waals surface area (Å²) in [5, 5.41) is 2.63. The van der Waals surface area contributed by atoms with Gasteiger partial charge in [0.25, 0.3) is 0 Å². The number of rotatable bonds is 3. The van der Waals surface area contributed by atoms with Crippen molar-refractivity contribution < 1.29 is 8.78 Å². The Kier molecular flexibility index (Phi) is 2.45. The normalized spacial score (nSPS) is 23.2. The molecule has 0 radical (unpaired) electrons. The molecule has 1 aliphatic heterocycles. The quantitative estimate of drug-likeness (QED) is 0.645. The van der Waals surface area contributed by atoms with E-state index in [0.29, 0.717) is 6.54 Å². The van der Waals surface area contributed by atoms with Gasteiger partial charge in [-0.1, -0.05) is 6.08 Å². The summed E-state index contributed by atoms with van der Waals surface area (Å²) in [5.74, 6) is -3.07. The van der Waals surface area contributed by atoms with Crippen molar-refractivity contribution >= 4 is 5.84 Å². The smallest absolute Gasteiger partial charge is 0.307 e. The monoisotopic (exact) mass is 174 g/mol. The Labute approximate surface area is 70.4 Å². The van der Waals surface area contributed by atoms with Crippen molar-refractivity contribution in [1.82, 2.24) is 5.32 Å². The minimum absolute atomic E-state index is 0.0238. The summed E-state index contributed by atoms with van der Waals surface area (Å²) in [5.41, 5.74) is 0. The van der Waals surface area contributed by atoms with Crippen LogP contribution in [0.4, 0.5) is 8.78 Å². The Morgan fingerprint density at radius 1 is 1.83 bits per heavy atom. The van der Waals surface area contributed by atoms with Crippen molar-refractivity contribution in [2.45, 2.75) is 25.3 Å². The Morgan fingerprint density at radius 2 is 2.50 bits per heavy atom. The van der Waals surface area contributed by atoms with Gasteiger partial charge in [-0.3, -0.25) is 4.99 Å². The van der Waals surface area contributed by atoms with Crippen molar-refractivity contribution in [3.05, 3.63) is 12.7 Å². The molecule has 0 aliphatic carbocycles. The average molecular weight is 174 g/mol. The van der Waals surface area contributed by atoms with E-state index in [2.05, 4.69) is 16.9 Å². The second kappa shape index (κ2) is 3.21. The largest absolute Gasteiger partial charge is 0.364 e. The molecule has 1 aliphatic rings. The lowest BCUT2D eigenvalue weighted by molar-refractivity contribution is 0.0782. The highest BCUT2D eigenvalue weighted by molar-refractivity contribution is 5.90. The lowest BCUT2D eigenvalue weighted by atomic mass is 10.2. The maximum Gasteiger partial charge on any atom is 0.307 e. The molecule has 1 N–H and O–H groups in total. The molecule has 0 amide bonds. The first kappa shape index (κ1) is 9.16. The molecule has 0 aromatic heterocycles. The van der Waals surface area contributed by atoms with Gasteiger partial charge in [0.1, 0.15) is 0 Å². The van der Waals surface area contributed by atoms with Crippen LogP contribution in [0.1, 0.15) is 13.3 Å². The predicted molar refractivity (Wildman–Crippen MR) is 44.7 cm³/mol. The third-order valence-corrected chi connectivity index (χ3v) is 1.65. The SMILES string of the molecule is C=CCC(F)(F)C1=NCC(C)N1. The van der Waals surface area contributed by atoms with E-state index in [1.54, 1.807) is 0 Å². The molecule has 0 fully saturated rings. The van der Waals surface area contributed by atoms with E-state index in [1.807, 2.05) is 6.92 Å². The van der Waals surface area contributed by atoms with Crippen LogP contribution in [0.25, 0.3) is 0 Å². The number of hydrogen-bond donors (Lipinski definition) is 1. The number of nitrogens with zero attached hydrogens (tertiary/aromatic N) is 1. The molecule has 0 saturated heterocycles. The molecule has 0 spiro atoms. The van der Waals surface area contributed by atoms with Crippen LogP contribution in [-0.4, -0.2) is 24.3 Å². The molecule has 4 heteroatoms. The van der Waals surface area contributed by atoms with E-state index >= 15 is 0 Å². The molecular formula is C8H12F2N2. The van der Waals surface area contributed by atoms with Gasteiger partial charge in [0.2, 0.25) is 0 Å². The first-order chi connectivity index (χ1) is 5.56. The van der Waals surface area contributed by atoms with Crippen LogP contribution in [0.5, 0.6) is 0 Å². The molecule has 0 aromatic rings. The van der Waals surface area contributed by atoms with Gasteiger partial charge in [0.05, 0.1) is 6.54 Å². The van der Waals surface area contributed by atoms with Gasteiger partial charge in [-0.25, -0.2) is 0 Å². The summed E-state index contributed by atoms with van der Waals surface area (Å²) in [6, 6.07) is 0.0238. The van der Waals surface area contributed by atoms with E-state index in [-0.39, 0.29) is 18.3 Å². The fraction of sp³-hybridized carbons (Fsp3) is 0.625. The summed E-state index contributed by atoms with van der Waals surface area (Å²) in [7, 11) is 0. The summed E-state index contributed by atoms with van der Waals surface area (Å²) in [6.45, 7) is 5.53. The second-order valence-corrected chi connectivity index (χ2v) is 2.93. The van der Waals surface area contributed by atoms with Crippen LogP contribution >= 0.6 is 0 Å². The van der Waals surface area contributed by atoms with Gasteiger partial charge < -0.3 is 5.32 Å². The van der Waals surface area contributed by atoms with Crippen molar-refractivity contribution in [3.8, 4) is 0 Å². The molecular weight excluding hydrogens is 162 g/mol. The highest BCUT2D eigenvalue weighted by Gasteiger charge is 2.37. The van der Waals surface area contributed by atoms with E-state index in [4.69, 9.17) is 0 Å². The summed E-state index contributed by atoms with van der Waals surface area (Å²) in [4.78, 5) is 3.71. The van der Waals surface area contributed by atoms with Crippen molar-refractivity contribution in [2.24, 2.45) is 4.99 Å². The standard InChI is InChI=1S/C8H12F2N2/c1-3-4-8(9,10)7-11-5-6(2)12-7/h3,6H,1,4-5H2,2H3,(H,11,12). The van der Waals surface area contributed by atoms with Crippen molar-refractivity contribution in [2.75, 3.05) is 6.54 Å². The zero-order valence-electron chi connectivity index (χ0n) is 6.98. The summed E-state index contributed by atoms with van der Waals surface area (Å²) < 4.78 is 26.1. The van der Waals surface area contributed by atoms with Gasteiger partial charge in [0.15, 0.2) is 5.84 Å². The van der Waals surface area contributed by atoms with Gasteiger partial charge in [-0.15, -0.1) is 6.58 Å². The molecule has 0 aromatic carbocycles. The minimum atomic E-state index is -2.87. The highest BCUT2D eigenvalue weighted by atomic mass is 19.3. The molecule has 1 unspecified atom stereocenters. The van der Waals surface area contributed by atoms with E-state index in [1.165, 1.54) is 6.08 Å². The van der Waals surface area contributed by atoms with Crippen LogP contribution < -0.4 is 5.32 Å². The first-order valence-electron chi connectivity index (χ1n) is 3.86. The number of nitrogens with one attached hydrogen (secondary N) is 1. The van der Waals surface area contributed by atoms with Crippen molar-refractivity contribution in [1.29, 1.82) is 0 Å². The third kappa shape index (κ3) is 1.81. The van der Waals surface area contributed by atoms with Crippen molar-refractivity contribution in [3.63, 3.8) is 0 Å². The zero-order valence-corrected chi connectivity index (χ0v) is 6.98. The average Bonchev–Trinajstić information content (AvgIpc) is 2.36. The minimum Gasteiger partial charge on any atom is -0.364 e. The Bertz CT molecular complexity index is 211. The number of aliphatic imine (C=N–C) groups is 1. The van der Waals surface area contributed by atoms with Gasteiger partial charge >= 0.3 is 5.92 Å². The first-order valence-corrected chi connectivity index (χ1v) is 3.86. The fourth-order valence-electron chi connectivity index (χ4n) is 1.05. The molecule has 1 rings (SSSR count). The second-order valence-electron chi connectivity index (χ2n) is 2.93. The summed E-state index contributed by atoms with van der Waals surface area (Å²) >= 11 is 0. The Hall–Kier alpha value is -0.930. The maximum absolute atomic E-state index is 13.0.